The molecule has 17 nitrogen and oxygen atoms in total. The van der Waals surface area contributed by atoms with Gasteiger partial charge < -0.3 is 50.4 Å². The first-order valence-electron chi connectivity index (χ1n) is 18.2. The predicted molar refractivity (Wildman–Crippen MR) is 196 cm³/mol. The number of aliphatic hydroxyl groups excluding tert-OH is 2. The topological polar surface area (TPSA) is 231 Å². The van der Waals surface area contributed by atoms with Crippen molar-refractivity contribution in [1.29, 1.82) is 0 Å². The van der Waals surface area contributed by atoms with Gasteiger partial charge in [-0.1, -0.05) is 33.6 Å². The Kier molecular flexibility index (Phi) is 25.0. The molecule has 1 fully saturated rings. The van der Waals surface area contributed by atoms with E-state index in [0.717, 1.165) is 25.7 Å². The Morgan fingerprint density at radius 2 is 1.46 bits per heavy atom. The third kappa shape index (κ3) is 20.9. The largest absolute Gasteiger partial charge is 0.444 e. The van der Waals surface area contributed by atoms with Gasteiger partial charge in [0.15, 0.2) is 6.29 Å². The highest BCUT2D eigenvalue weighted by Gasteiger charge is 2.42. The van der Waals surface area contributed by atoms with Crippen molar-refractivity contribution < 1.29 is 57.9 Å². The van der Waals surface area contributed by atoms with Crippen LogP contribution >= 0.6 is 11.8 Å². The molecule has 0 aromatic heterocycles. The number of thioether (sulfide) groups is 1. The lowest BCUT2D eigenvalue weighted by Gasteiger charge is -2.30. The summed E-state index contributed by atoms with van der Waals surface area (Å²) < 4.78 is 20.6. The van der Waals surface area contributed by atoms with Gasteiger partial charge in [-0.2, -0.15) is 11.8 Å². The molecule has 0 spiro atoms. The molecule has 52 heavy (non-hydrogen) atoms. The van der Waals surface area contributed by atoms with Crippen LogP contribution in [0.3, 0.4) is 0 Å². The van der Waals surface area contributed by atoms with Gasteiger partial charge in [-0.15, -0.1) is 0 Å². The predicted octanol–water partition coefficient (Wildman–Crippen LogP) is -0.839. The summed E-state index contributed by atoms with van der Waals surface area (Å²) in [6.45, 7) is 6.98. The van der Waals surface area contributed by atoms with Crippen LogP contribution in [0.4, 0.5) is 4.79 Å². The number of ether oxygens (including phenoxy) is 4. The average molecular weight is 762 g/mol. The first kappa shape index (κ1) is 47.1. The van der Waals surface area contributed by atoms with Crippen molar-refractivity contribution in [2.24, 2.45) is 0 Å². The summed E-state index contributed by atoms with van der Waals surface area (Å²) in [5.74, 6) is -1.31. The molecule has 0 radical (unpaired) electrons. The molecular weight excluding hydrogens is 701 g/mol. The molecule has 0 aromatic carbocycles. The van der Waals surface area contributed by atoms with Crippen LogP contribution < -0.4 is 21.3 Å². The van der Waals surface area contributed by atoms with Gasteiger partial charge in [-0.05, 0) is 23.9 Å². The van der Waals surface area contributed by atoms with Crippen molar-refractivity contribution in [3.63, 3.8) is 0 Å². The second-order valence-electron chi connectivity index (χ2n) is 12.5. The normalized spacial score (nSPS) is 15.6. The molecule has 6 amide bonds. The molecule has 3 unspecified atom stereocenters. The molecule has 19 heteroatoms. The van der Waals surface area contributed by atoms with E-state index in [-0.39, 0.29) is 126 Å². The molecule has 6 N–H and O–H groups in total. The maximum absolute atomic E-state index is 12.9. The van der Waals surface area contributed by atoms with Crippen LogP contribution in [0.15, 0.2) is 0 Å². The molecule has 1 aliphatic rings. The van der Waals surface area contributed by atoms with Crippen molar-refractivity contribution in [3.05, 3.63) is 0 Å². The Balaban J connectivity index is 2.02. The second kappa shape index (κ2) is 27.6. The Morgan fingerprint density at radius 3 is 2.08 bits per heavy atom. The van der Waals surface area contributed by atoms with E-state index in [1.165, 1.54) is 4.90 Å². The number of rotatable bonds is 30. The minimum Gasteiger partial charge on any atom is -0.444 e. The monoisotopic (exact) mass is 761 g/mol. The van der Waals surface area contributed by atoms with E-state index in [9.17, 15) is 33.9 Å². The molecule has 298 valence electrons. The third-order valence-corrected chi connectivity index (χ3v) is 9.55. The molecule has 1 aliphatic heterocycles. The van der Waals surface area contributed by atoms with Gasteiger partial charge >= 0.3 is 6.09 Å². The van der Waals surface area contributed by atoms with Gasteiger partial charge in [0.1, 0.15) is 14.5 Å². The zero-order valence-corrected chi connectivity index (χ0v) is 32.0. The number of hydrogen-bond donors (Lipinski definition) is 6. The van der Waals surface area contributed by atoms with E-state index in [4.69, 9.17) is 24.1 Å². The number of alkyl carbamates (subject to hydrolysis) is 1. The number of aliphatic hydroxyl groups is 2. The summed E-state index contributed by atoms with van der Waals surface area (Å²) in [5.41, 5.74) is 0. The number of nitrogens with one attached hydrogen (secondary N) is 4. The zero-order chi connectivity index (χ0) is 38.8. The number of amides is 6. The Bertz CT molecular complexity index is 1100. The first-order valence-corrected chi connectivity index (χ1v) is 19.1. The molecule has 3 atom stereocenters. The lowest BCUT2D eigenvalue weighted by molar-refractivity contribution is -0.165. The highest BCUT2D eigenvalue weighted by atomic mass is 32.2. The van der Waals surface area contributed by atoms with Crippen LogP contribution in [0.2, 0.25) is 0 Å². The summed E-state index contributed by atoms with van der Waals surface area (Å²) in [6, 6.07) is 0. The minimum absolute atomic E-state index is 0.00119. The van der Waals surface area contributed by atoms with Gasteiger partial charge in [0.05, 0.1) is 44.4 Å². The van der Waals surface area contributed by atoms with Gasteiger partial charge in [0, 0.05) is 58.4 Å². The van der Waals surface area contributed by atoms with Crippen molar-refractivity contribution >= 4 is 55.2 Å². The Morgan fingerprint density at radius 1 is 0.865 bits per heavy atom. The van der Waals surface area contributed by atoms with Crippen LogP contribution in [0.5, 0.6) is 0 Å². The lowest BCUT2D eigenvalue weighted by Crippen LogP contribution is -2.37. The molecule has 1 saturated heterocycles. The van der Waals surface area contributed by atoms with Crippen LogP contribution in [0, 0.1) is 0 Å². The van der Waals surface area contributed by atoms with Crippen LogP contribution in [-0.4, -0.2) is 153 Å². The maximum Gasteiger partial charge on any atom is 0.407 e. The van der Waals surface area contributed by atoms with Crippen LogP contribution in [0.1, 0.15) is 78.6 Å². The zero-order valence-electron chi connectivity index (χ0n) is 31.2. The van der Waals surface area contributed by atoms with Gasteiger partial charge in [0.2, 0.25) is 29.5 Å². The summed E-state index contributed by atoms with van der Waals surface area (Å²) in [5, 5.41) is 28.6. The highest BCUT2D eigenvalue weighted by Crippen LogP contribution is 2.39. The van der Waals surface area contributed by atoms with E-state index in [2.05, 4.69) is 43.0 Å². The van der Waals surface area contributed by atoms with Gasteiger partial charge in [0.25, 0.3) is 0 Å². The van der Waals surface area contributed by atoms with Gasteiger partial charge in [-0.3, -0.25) is 28.9 Å². The number of imide groups is 1. The number of carbonyl (C=O) groups excluding carboxylic acids is 6. The summed E-state index contributed by atoms with van der Waals surface area (Å²) >= 11 is 1.60. The fourth-order valence-corrected chi connectivity index (χ4v) is 7.05. The van der Waals surface area contributed by atoms with E-state index < -0.39 is 30.3 Å². The van der Waals surface area contributed by atoms with Crippen LogP contribution in [-0.2, 0) is 42.9 Å². The first-order chi connectivity index (χ1) is 24.9. The number of carbonyl (C=O) groups is 6. The molecule has 0 saturated carbocycles. The van der Waals surface area contributed by atoms with E-state index in [0.29, 0.717) is 6.42 Å². The molecule has 0 aromatic rings. The summed E-state index contributed by atoms with van der Waals surface area (Å²) in [6.07, 6.45) is 1.99. The van der Waals surface area contributed by atoms with E-state index in [1.807, 2.05) is 0 Å². The van der Waals surface area contributed by atoms with E-state index in [1.54, 1.807) is 18.7 Å². The highest BCUT2D eigenvalue weighted by molar-refractivity contribution is 8.03. The second-order valence-corrected chi connectivity index (χ2v) is 14.3. The Hall–Kier alpha value is -2.97. The smallest absolute Gasteiger partial charge is 0.407 e. The summed E-state index contributed by atoms with van der Waals surface area (Å²) in [4.78, 5) is 74.4. The molecule has 0 bridgehead atoms. The molecule has 0 aliphatic carbocycles. The molecule has 1 rings (SSSR count). The Labute approximate surface area is 312 Å². The van der Waals surface area contributed by atoms with Gasteiger partial charge in [-0.25, -0.2) is 4.79 Å². The quantitative estimate of drug-likeness (QED) is 0.0227. The number of nitrogens with zero attached hydrogens (tertiary/aromatic N) is 1. The van der Waals surface area contributed by atoms with Crippen molar-refractivity contribution in [2.45, 2.75) is 101 Å². The van der Waals surface area contributed by atoms with E-state index >= 15 is 0 Å². The maximum atomic E-state index is 12.9. The van der Waals surface area contributed by atoms with Crippen molar-refractivity contribution in [1.82, 2.24) is 26.2 Å². The lowest BCUT2D eigenvalue weighted by atomic mass is 9.79. The minimum atomic E-state index is -1.38. The SMILES string of the molecule is BC(CCC)(CCC)SC1CC(=O)N(CCC(=O)NCCOCCOCCC(=O)NCCNC(=O)CCNC(=O)OCC(O)OC(CC)CO)C1=O. The van der Waals surface area contributed by atoms with Crippen molar-refractivity contribution in [2.75, 3.05) is 72.4 Å². The number of likely N-dealkylation sites (tertiary alicyclic amines) is 1. The number of hydrogen-bond acceptors (Lipinski definition) is 13. The molecule has 1 heterocycles. The molecular formula is C33H60BN5O12S. The van der Waals surface area contributed by atoms with Crippen molar-refractivity contribution in [3.8, 4) is 0 Å². The fourth-order valence-electron chi connectivity index (χ4n) is 5.26. The van der Waals surface area contributed by atoms with Crippen LogP contribution in [0.25, 0.3) is 0 Å². The standard InChI is InChI=1S/C33H60BN5O12S/c1-4-10-33(34,11-5-2)52-25-21-29(44)39(31(25)46)16-8-27(42)37-15-18-49-20-19-48-17-9-28(43)36-14-13-35-26(41)7-12-38-32(47)50-23-30(45)51-24(6-3)22-40/h24-25,30,40,45H,4-23,34H2,1-3H3,(H,35,41)(H,36,43)(H,37,42)(H,38,47). The average Bonchev–Trinajstić information content (AvgIpc) is 3.36. The summed E-state index contributed by atoms with van der Waals surface area (Å²) in [7, 11) is 2.16. The fraction of sp³-hybridized carbons (Fsp3) is 0.818. The third-order valence-electron chi connectivity index (χ3n) is 7.92.